The number of likely N-dealkylation sites (tertiary alicyclic amines) is 1. The van der Waals surface area contributed by atoms with Gasteiger partial charge in [0.1, 0.15) is 0 Å². The number of nitrogens with one attached hydrogen (secondary N) is 2. The largest absolute Gasteiger partial charge is 0.364 e. The van der Waals surface area contributed by atoms with E-state index in [-0.39, 0.29) is 17.8 Å². The molecule has 2 atom stereocenters. The summed E-state index contributed by atoms with van der Waals surface area (Å²) in [5, 5.41) is 3.15. The third-order valence-electron chi connectivity index (χ3n) is 3.30. The van der Waals surface area contributed by atoms with Crippen LogP contribution >= 0.6 is 0 Å². The molecule has 0 aliphatic carbocycles. The van der Waals surface area contributed by atoms with Gasteiger partial charge >= 0.3 is 0 Å². The molecule has 0 radical (unpaired) electrons. The molecule has 1 fully saturated rings. The quantitative estimate of drug-likeness (QED) is 0.543. The SMILES string of the molecule is CC1CN(C)CCC1Nc1nc(NN)ncc1F. The van der Waals surface area contributed by atoms with E-state index in [0.717, 1.165) is 25.7 Å². The number of hydrogen-bond acceptors (Lipinski definition) is 6. The van der Waals surface area contributed by atoms with Crippen molar-refractivity contribution in [3.63, 3.8) is 0 Å². The van der Waals surface area contributed by atoms with Gasteiger partial charge in [-0.25, -0.2) is 15.2 Å². The molecule has 0 saturated carbocycles. The molecule has 2 rings (SSSR count). The van der Waals surface area contributed by atoms with Gasteiger partial charge in [-0.3, -0.25) is 5.43 Å². The third kappa shape index (κ3) is 2.85. The van der Waals surface area contributed by atoms with E-state index in [1.807, 2.05) is 0 Å². The summed E-state index contributed by atoms with van der Waals surface area (Å²) < 4.78 is 13.6. The molecular weight excluding hydrogens is 235 g/mol. The van der Waals surface area contributed by atoms with Crippen LogP contribution in [0.1, 0.15) is 13.3 Å². The first-order chi connectivity index (χ1) is 8.60. The number of hydrazine groups is 1. The summed E-state index contributed by atoms with van der Waals surface area (Å²) in [5.74, 6) is 5.61. The average Bonchev–Trinajstić information content (AvgIpc) is 2.35. The van der Waals surface area contributed by atoms with Gasteiger partial charge in [0.05, 0.1) is 6.20 Å². The molecule has 4 N–H and O–H groups in total. The minimum absolute atomic E-state index is 0.208. The predicted octanol–water partition coefficient (Wildman–Crippen LogP) is 0.653. The summed E-state index contributed by atoms with van der Waals surface area (Å²) in [5.41, 5.74) is 2.31. The lowest BCUT2D eigenvalue weighted by Gasteiger charge is -2.35. The molecule has 0 aromatic carbocycles. The molecule has 1 aliphatic rings. The first kappa shape index (κ1) is 13.0. The number of nitrogens with two attached hydrogens (primary N) is 1. The average molecular weight is 254 g/mol. The Kier molecular flexibility index (Phi) is 3.93. The molecule has 100 valence electrons. The summed E-state index contributed by atoms with van der Waals surface area (Å²) in [7, 11) is 2.09. The van der Waals surface area contributed by atoms with Crippen molar-refractivity contribution >= 4 is 11.8 Å². The number of nitrogen functional groups attached to an aromatic ring is 1. The van der Waals surface area contributed by atoms with Gasteiger partial charge in [0, 0.05) is 12.6 Å². The van der Waals surface area contributed by atoms with Gasteiger partial charge in [-0.15, -0.1) is 0 Å². The van der Waals surface area contributed by atoms with E-state index in [1.54, 1.807) is 0 Å². The zero-order valence-electron chi connectivity index (χ0n) is 10.7. The predicted molar refractivity (Wildman–Crippen MR) is 68.5 cm³/mol. The lowest BCUT2D eigenvalue weighted by Crippen LogP contribution is -2.43. The Morgan fingerprint density at radius 3 is 3.00 bits per heavy atom. The number of rotatable bonds is 3. The van der Waals surface area contributed by atoms with Crippen molar-refractivity contribution in [3.8, 4) is 0 Å². The van der Waals surface area contributed by atoms with Gasteiger partial charge in [-0.05, 0) is 25.9 Å². The Balaban J connectivity index is 2.08. The third-order valence-corrected chi connectivity index (χ3v) is 3.30. The Labute approximate surface area is 106 Å². The van der Waals surface area contributed by atoms with E-state index in [0.29, 0.717) is 5.92 Å². The number of hydrogen-bond donors (Lipinski definition) is 3. The summed E-state index contributed by atoms with van der Waals surface area (Å²) in [6, 6.07) is 0.219. The van der Waals surface area contributed by atoms with E-state index in [4.69, 9.17) is 5.84 Å². The van der Waals surface area contributed by atoms with E-state index >= 15 is 0 Å². The number of nitrogens with zero attached hydrogens (tertiary/aromatic N) is 3. The van der Waals surface area contributed by atoms with Crippen LogP contribution in [0.15, 0.2) is 6.20 Å². The van der Waals surface area contributed by atoms with Crippen molar-refractivity contribution in [1.82, 2.24) is 14.9 Å². The van der Waals surface area contributed by atoms with Crippen molar-refractivity contribution < 1.29 is 4.39 Å². The number of piperidine rings is 1. The first-order valence-corrected chi connectivity index (χ1v) is 6.04. The van der Waals surface area contributed by atoms with Gasteiger partial charge in [0.2, 0.25) is 5.95 Å². The van der Waals surface area contributed by atoms with Crippen LogP contribution in [0.25, 0.3) is 0 Å². The molecule has 1 saturated heterocycles. The highest BCUT2D eigenvalue weighted by Gasteiger charge is 2.25. The molecule has 7 heteroatoms. The molecule has 2 heterocycles. The van der Waals surface area contributed by atoms with Crippen LogP contribution in [0.5, 0.6) is 0 Å². The molecule has 0 bridgehead atoms. The Morgan fingerprint density at radius 2 is 2.33 bits per heavy atom. The normalized spacial score (nSPS) is 24.9. The molecule has 1 aliphatic heterocycles. The first-order valence-electron chi connectivity index (χ1n) is 6.04. The Hall–Kier alpha value is -1.47. The van der Waals surface area contributed by atoms with E-state index in [1.165, 1.54) is 0 Å². The highest BCUT2D eigenvalue weighted by Crippen LogP contribution is 2.21. The standard InChI is InChI=1S/C11H19FN6/c1-7-6-18(2)4-3-9(7)15-10-8(12)5-14-11(16-10)17-13/h5,7,9H,3-4,6,13H2,1-2H3,(H2,14,15,16,17). The summed E-state index contributed by atoms with van der Waals surface area (Å²) in [6.45, 7) is 4.14. The van der Waals surface area contributed by atoms with Gasteiger partial charge in [0.15, 0.2) is 11.6 Å². The molecule has 1 aromatic rings. The highest BCUT2D eigenvalue weighted by molar-refractivity contribution is 5.41. The minimum atomic E-state index is -0.458. The van der Waals surface area contributed by atoms with Crippen molar-refractivity contribution in [3.05, 3.63) is 12.0 Å². The minimum Gasteiger partial charge on any atom is -0.364 e. The maximum Gasteiger partial charge on any atom is 0.239 e. The maximum atomic E-state index is 13.6. The van der Waals surface area contributed by atoms with Crippen LogP contribution < -0.4 is 16.6 Å². The zero-order valence-corrected chi connectivity index (χ0v) is 10.7. The van der Waals surface area contributed by atoms with Crippen molar-refractivity contribution in [2.24, 2.45) is 11.8 Å². The number of anilines is 2. The highest BCUT2D eigenvalue weighted by atomic mass is 19.1. The monoisotopic (exact) mass is 254 g/mol. The molecule has 1 aromatic heterocycles. The van der Waals surface area contributed by atoms with Crippen LogP contribution in [0, 0.1) is 11.7 Å². The van der Waals surface area contributed by atoms with E-state index in [9.17, 15) is 4.39 Å². The van der Waals surface area contributed by atoms with Crippen molar-refractivity contribution in [2.45, 2.75) is 19.4 Å². The molecular formula is C11H19FN6. The fraction of sp³-hybridized carbons (Fsp3) is 0.636. The fourth-order valence-electron chi connectivity index (χ4n) is 2.28. The van der Waals surface area contributed by atoms with Gasteiger partial charge in [-0.1, -0.05) is 6.92 Å². The van der Waals surface area contributed by atoms with Gasteiger partial charge < -0.3 is 10.2 Å². The fourth-order valence-corrected chi connectivity index (χ4v) is 2.28. The lowest BCUT2D eigenvalue weighted by molar-refractivity contribution is 0.205. The topological polar surface area (TPSA) is 79.1 Å². The summed E-state index contributed by atoms with van der Waals surface area (Å²) in [4.78, 5) is 9.97. The Morgan fingerprint density at radius 1 is 1.56 bits per heavy atom. The van der Waals surface area contributed by atoms with Crippen LogP contribution in [0.4, 0.5) is 16.2 Å². The van der Waals surface area contributed by atoms with Crippen LogP contribution in [0.3, 0.4) is 0 Å². The van der Waals surface area contributed by atoms with Crippen LogP contribution in [-0.4, -0.2) is 41.0 Å². The van der Waals surface area contributed by atoms with Crippen LogP contribution in [0.2, 0.25) is 0 Å². The van der Waals surface area contributed by atoms with E-state index in [2.05, 4.69) is 39.6 Å². The molecule has 0 spiro atoms. The van der Waals surface area contributed by atoms with E-state index < -0.39 is 5.82 Å². The second-order valence-electron chi connectivity index (χ2n) is 4.81. The second-order valence-corrected chi connectivity index (χ2v) is 4.81. The molecule has 0 amide bonds. The molecule has 6 nitrogen and oxygen atoms in total. The Bertz CT molecular complexity index is 413. The number of aromatic nitrogens is 2. The van der Waals surface area contributed by atoms with Crippen LogP contribution in [-0.2, 0) is 0 Å². The number of halogens is 1. The summed E-state index contributed by atoms with van der Waals surface area (Å²) >= 11 is 0. The van der Waals surface area contributed by atoms with Gasteiger partial charge in [-0.2, -0.15) is 4.98 Å². The molecule has 2 unspecified atom stereocenters. The maximum absolute atomic E-state index is 13.6. The molecule has 18 heavy (non-hydrogen) atoms. The van der Waals surface area contributed by atoms with Crippen molar-refractivity contribution in [1.29, 1.82) is 0 Å². The smallest absolute Gasteiger partial charge is 0.239 e. The van der Waals surface area contributed by atoms with Crippen molar-refractivity contribution in [2.75, 3.05) is 30.9 Å². The summed E-state index contributed by atoms with van der Waals surface area (Å²) in [6.07, 6.45) is 2.08. The van der Waals surface area contributed by atoms with Gasteiger partial charge in [0.25, 0.3) is 0 Å². The zero-order chi connectivity index (χ0) is 13.1. The lowest BCUT2D eigenvalue weighted by atomic mass is 9.94. The second kappa shape index (κ2) is 5.45.